The highest BCUT2D eigenvalue weighted by molar-refractivity contribution is 9.08. The summed E-state index contributed by atoms with van der Waals surface area (Å²) in [6, 6.07) is 13.8. The number of nitrogens with zero attached hydrogens (tertiary/aromatic N) is 1. The van der Waals surface area contributed by atoms with Gasteiger partial charge < -0.3 is 4.90 Å². The van der Waals surface area contributed by atoms with Crippen molar-refractivity contribution < 1.29 is 0 Å². The normalized spacial score (nSPS) is 10.5. The minimum absolute atomic E-state index is 0.726. The highest BCUT2D eigenvalue weighted by atomic mass is 79.9. The zero-order valence-electron chi connectivity index (χ0n) is 10.5. The molecule has 1 nitrogen and oxygen atoms in total. The van der Waals surface area contributed by atoms with Crippen LogP contribution in [0.4, 0.5) is 5.69 Å². The molecule has 0 N–H and O–H groups in total. The van der Waals surface area contributed by atoms with Crippen molar-refractivity contribution in [3.05, 3.63) is 63.6 Å². The molecule has 2 rings (SSSR count). The van der Waals surface area contributed by atoms with Crippen LogP contribution >= 0.6 is 39.1 Å². The van der Waals surface area contributed by atoms with Crippen LogP contribution in [0.2, 0.25) is 10.0 Å². The highest BCUT2D eigenvalue weighted by Gasteiger charge is 2.12. The molecule has 0 spiro atoms. The minimum atomic E-state index is 0.726. The first-order chi connectivity index (χ1) is 9.13. The molecule has 100 valence electrons. The molecule has 0 saturated heterocycles. The van der Waals surface area contributed by atoms with Crippen LogP contribution in [0.15, 0.2) is 42.5 Å². The van der Waals surface area contributed by atoms with Gasteiger partial charge >= 0.3 is 0 Å². The third-order valence-corrected chi connectivity index (χ3v) is 4.24. The van der Waals surface area contributed by atoms with Crippen LogP contribution in [0.5, 0.6) is 0 Å². The summed E-state index contributed by atoms with van der Waals surface area (Å²) in [7, 11) is 2.02. The Bertz CT molecular complexity index is 572. The maximum Gasteiger partial charge on any atom is 0.0642 e. The Kier molecular flexibility index (Phi) is 5.14. The molecule has 4 heteroatoms. The monoisotopic (exact) mass is 357 g/mol. The molecule has 0 atom stereocenters. The molecule has 0 aliphatic heterocycles. The number of alkyl halides is 1. The second-order valence-electron chi connectivity index (χ2n) is 4.33. The lowest BCUT2D eigenvalue weighted by molar-refractivity contribution is 0.917. The molecule has 0 saturated carbocycles. The largest absolute Gasteiger partial charge is 0.369 e. The van der Waals surface area contributed by atoms with Crippen molar-refractivity contribution in [1.82, 2.24) is 0 Å². The Hall–Kier alpha value is -0.700. The number of benzene rings is 2. The van der Waals surface area contributed by atoms with Crippen LogP contribution < -0.4 is 4.90 Å². The van der Waals surface area contributed by atoms with Crippen LogP contribution in [-0.4, -0.2) is 7.05 Å². The number of hydrogen-bond donors (Lipinski definition) is 0. The minimum Gasteiger partial charge on any atom is -0.369 e. The summed E-state index contributed by atoms with van der Waals surface area (Å²) in [4.78, 5) is 2.13. The fourth-order valence-corrected chi connectivity index (χ4v) is 3.04. The van der Waals surface area contributed by atoms with E-state index in [9.17, 15) is 0 Å². The van der Waals surface area contributed by atoms with E-state index in [4.69, 9.17) is 23.2 Å². The summed E-state index contributed by atoms with van der Waals surface area (Å²) < 4.78 is 0. The third-order valence-electron chi connectivity index (χ3n) is 2.96. The van der Waals surface area contributed by atoms with Gasteiger partial charge in [-0.15, -0.1) is 0 Å². The van der Waals surface area contributed by atoms with Gasteiger partial charge in [0.1, 0.15) is 0 Å². The van der Waals surface area contributed by atoms with Gasteiger partial charge in [-0.2, -0.15) is 0 Å². The molecular weight excluding hydrogens is 345 g/mol. The van der Waals surface area contributed by atoms with E-state index < -0.39 is 0 Å². The number of hydrogen-bond acceptors (Lipinski definition) is 1. The Labute approximate surface area is 132 Å². The van der Waals surface area contributed by atoms with Gasteiger partial charge in [0, 0.05) is 23.9 Å². The topological polar surface area (TPSA) is 3.24 Å². The van der Waals surface area contributed by atoms with Gasteiger partial charge in [0.05, 0.1) is 10.7 Å². The molecule has 0 bridgehead atoms. The number of para-hydroxylation sites is 1. The molecule has 0 aliphatic rings. The molecule has 0 fully saturated rings. The van der Waals surface area contributed by atoms with Gasteiger partial charge in [0.2, 0.25) is 0 Å². The molecule has 0 aliphatic carbocycles. The Morgan fingerprint density at radius 1 is 0.947 bits per heavy atom. The van der Waals surface area contributed by atoms with E-state index in [-0.39, 0.29) is 0 Å². The van der Waals surface area contributed by atoms with E-state index in [0.717, 1.165) is 33.2 Å². The van der Waals surface area contributed by atoms with Crippen molar-refractivity contribution in [3.63, 3.8) is 0 Å². The Morgan fingerprint density at radius 2 is 1.58 bits per heavy atom. The summed E-state index contributed by atoms with van der Waals surface area (Å²) in [6.07, 6.45) is 0. The molecule has 0 radical (unpaired) electrons. The molecule has 19 heavy (non-hydrogen) atoms. The van der Waals surface area contributed by atoms with Gasteiger partial charge in [0.25, 0.3) is 0 Å². The number of halogens is 3. The van der Waals surface area contributed by atoms with Gasteiger partial charge in [-0.1, -0.05) is 69.5 Å². The molecule has 2 aromatic carbocycles. The summed E-state index contributed by atoms with van der Waals surface area (Å²) >= 11 is 16.0. The number of anilines is 1. The van der Waals surface area contributed by atoms with E-state index >= 15 is 0 Å². The van der Waals surface area contributed by atoms with Gasteiger partial charge in [0.15, 0.2) is 0 Å². The van der Waals surface area contributed by atoms with Gasteiger partial charge in [-0.05, 0) is 23.3 Å². The van der Waals surface area contributed by atoms with E-state index in [2.05, 4.69) is 26.9 Å². The lowest BCUT2D eigenvalue weighted by Gasteiger charge is -2.23. The maximum absolute atomic E-state index is 6.31. The first kappa shape index (κ1) is 14.7. The van der Waals surface area contributed by atoms with Crippen LogP contribution in [0.3, 0.4) is 0 Å². The standard InChI is InChI=1S/C15H14BrCl2N/c1-19(10-12-5-2-3-7-13(12)17)15-11(9-16)6-4-8-14(15)18/h2-8H,9-10H2,1H3. The lowest BCUT2D eigenvalue weighted by atomic mass is 10.1. The van der Waals surface area contributed by atoms with Gasteiger partial charge in [-0.25, -0.2) is 0 Å². The van der Waals surface area contributed by atoms with E-state index in [0.29, 0.717) is 0 Å². The summed E-state index contributed by atoms with van der Waals surface area (Å²) in [5, 5.41) is 2.31. The number of rotatable bonds is 4. The summed E-state index contributed by atoms with van der Waals surface area (Å²) in [6.45, 7) is 0.726. The molecule has 2 aromatic rings. The van der Waals surface area contributed by atoms with E-state index in [1.165, 1.54) is 5.56 Å². The lowest BCUT2D eigenvalue weighted by Crippen LogP contribution is -2.18. The Morgan fingerprint density at radius 3 is 2.26 bits per heavy atom. The fraction of sp³-hybridized carbons (Fsp3) is 0.200. The Balaban J connectivity index is 2.30. The first-order valence-corrected chi connectivity index (χ1v) is 7.79. The van der Waals surface area contributed by atoms with E-state index in [1.807, 2.05) is 43.4 Å². The second kappa shape index (κ2) is 6.65. The third kappa shape index (κ3) is 3.44. The van der Waals surface area contributed by atoms with Crippen LogP contribution in [-0.2, 0) is 11.9 Å². The second-order valence-corrected chi connectivity index (χ2v) is 5.70. The smallest absolute Gasteiger partial charge is 0.0642 e. The molecule has 0 heterocycles. The van der Waals surface area contributed by atoms with E-state index in [1.54, 1.807) is 0 Å². The van der Waals surface area contributed by atoms with Crippen molar-refractivity contribution in [1.29, 1.82) is 0 Å². The van der Waals surface area contributed by atoms with Crippen molar-refractivity contribution in [3.8, 4) is 0 Å². The summed E-state index contributed by atoms with van der Waals surface area (Å²) in [5.41, 5.74) is 3.30. The quantitative estimate of drug-likeness (QED) is 0.650. The highest BCUT2D eigenvalue weighted by Crippen LogP contribution is 2.32. The van der Waals surface area contributed by atoms with Crippen molar-refractivity contribution in [2.75, 3.05) is 11.9 Å². The molecule has 0 unspecified atom stereocenters. The van der Waals surface area contributed by atoms with Gasteiger partial charge in [-0.3, -0.25) is 0 Å². The SMILES string of the molecule is CN(Cc1ccccc1Cl)c1c(Cl)cccc1CBr. The zero-order chi connectivity index (χ0) is 13.8. The van der Waals surface area contributed by atoms with Crippen LogP contribution in [0, 0.1) is 0 Å². The van der Waals surface area contributed by atoms with Crippen molar-refractivity contribution in [2.24, 2.45) is 0 Å². The molecular formula is C15H14BrCl2N. The van der Waals surface area contributed by atoms with Crippen LogP contribution in [0.1, 0.15) is 11.1 Å². The molecule has 0 aromatic heterocycles. The van der Waals surface area contributed by atoms with Crippen molar-refractivity contribution in [2.45, 2.75) is 11.9 Å². The predicted molar refractivity (Wildman–Crippen MR) is 87.6 cm³/mol. The predicted octanol–water partition coefficient (Wildman–Crippen LogP) is 5.52. The zero-order valence-corrected chi connectivity index (χ0v) is 13.6. The maximum atomic E-state index is 6.31. The molecule has 0 amide bonds. The fourth-order valence-electron chi connectivity index (χ4n) is 2.06. The van der Waals surface area contributed by atoms with Crippen molar-refractivity contribution >= 4 is 44.8 Å². The average molecular weight is 359 g/mol. The van der Waals surface area contributed by atoms with Crippen LogP contribution in [0.25, 0.3) is 0 Å². The average Bonchev–Trinajstić information content (AvgIpc) is 2.40. The summed E-state index contributed by atoms with van der Waals surface area (Å²) in [5.74, 6) is 0. The first-order valence-electron chi connectivity index (χ1n) is 5.91.